The van der Waals surface area contributed by atoms with Crippen LogP contribution in [0.5, 0.6) is 0 Å². The summed E-state index contributed by atoms with van der Waals surface area (Å²) in [6.07, 6.45) is 3.47. The van der Waals surface area contributed by atoms with Crippen molar-refractivity contribution in [1.82, 2.24) is 9.78 Å². The fourth-order valence-corrected chi connectivity index (χ4v) is 2.30. The van der Waals surface area contributed by atoms with Crippen molar-refractivity contribution >= 4 is 17.6 Å². The molecule has 5 nitrogen and oxygen atoms in total. The van der Waals surface area contributed by atoms with Crippen LogP contribution in [-0.4, -0.2) is 26.9 Å². The van der Waals surface area contributed by atoms with Crippen molar-refractivity contribution in [1.29, 1.82) is 0 Å². The second-order valence-corrected chi connectivity index (χ2v) is 6.96. The van der Waals surface area contributed by atoms with E-state index >= 15 is 0 Å². The van der Waals surface area contributed by atoms with Gasteiger partial charge in [-0.2, -0.15) is 5.10 Å². The normalized spacial score (nSPS) is 18.7. The molecular weight excluding hydrogens is 278 g/mol. The second kappa shape index (κ2) is 5.04. The molecule has 2 rings (SSSR count). The lowest BCUT2D eigenvalue weighted by Crippen LogP contribution is -2.56. The lowest BCUT2D eigenvalue weighted by molar-refractivity contribution is -0.163. The fraction of sp³-hybridized carbons (Fsp3) is 0.714. The Bertz CT molecular complexity index is 517. The first-order chi connectivity index (χ1) is 9.13. The number of halogens is 1. The molecule has 1 aliphatic rings. The summed E-state index contributed by atoms with van der Waals surface area (Å²) in [4.78, 5) is 12.5. The maximum Gasteiger partial charge on any atom is 0.328 e. The van der Waals surface area contributed by atoms with Crippen LogP contribution in [0.15, 0.2) is 6.20 Å². The van der Waals surface area contributed by atoms with Crippen molar-refractivity contribution in [2.45, 2.75) is 58.2 Å². The van der Waals surface area contributed by atoms with Crippen molar-refractivity contribution in [3.8, 4) is 0 Å². The van der Waals surface area contributed by atoms with Gasteiger partial charge in [-0.3, -0.25) is 4.68 Å². The molecule has 0 saturated heterocycles. The molecule has 0 amide bonds. The van der Waals surface area contributed by atoms with E-state index < -0.39 is 11.1 Å². The number of rotatable bonds is 4. The molecule has 0 bridgehead atoms. The molecule has 20 heavy (non-hydrogen) atoms. The van der Waals surface area contributed by atoms with Gasteiger partial charge >= 0.3 is 5.97 Å². The van der Waals surface area contributed by atoms with Crippen molar-refractivity contribution in [3.63, 3.8) is 0 Å². The Balaban J connectivity index is 2.22. The van der Waals surface area contributed by atoms with E-state index in [9.17, 15) is 4.79 Å². The van der Waals surface area contributed by atoms with Gasteiger partial charge in [0, 0.05) is 0 Å². The molecule has 0 aliphatic heterocycles. The predicted octanol–water partition coefficient (Wildman–Crippen LogP) is 2.29. The number of aromatic nitrogens is 2. The Labute approximate surface area is 124 Å². The highest BCUT2D eigenvalue weighted by Gasteiger charge is 2.50. The van der Waals surface area contributed by atoms with Gasteiger partial charge in [-0.05, 0) is 46.5 Å². The van der Waals surface area contributed by atoms with E-state index in [0.29, 0.717) is 11.6 Å². The Morgan fingerprint density at radius 3 is 2.55 bits per heavy atom. The molecule has 112 valence electrons. The average molecular weight is 300 g/mol. The van der Waals surface area contributed by atoms with Gasteiger partial charge in [0.25, 0.3) is 0 Å². The minimum atomic E-state index is -1.03. The number of hydrogen-bond donors (Lipinski definition) is 1. The minimum absolute atomic E-state index is 0.153. The molecule has 1 aromatic heterocycles. The van der Waals surface area contributed by atoms with Crippen molar-refractivity contribution in [3.05, 3.63) is 16.9 Å². The van der Waals surface area contributed by atoms with Gasteiger partial charge in [0.05, 0.1) is 23.5 Å². The van der Waals surface area contributed by atoms with Crippen LogP contribution in [0.4, 0.5) is 0 Å². The fourth-order valence-electron chi connectivity index (χ4n) is 2.16. The van der Waals surface area contributed by atoms with Crippen LogP contribution >= 0.6 is 11.6 Å². The van der Waals surface area contributed by atoms with Crippen LogP contribution in [0, 0.1) is 12.8 Å². The standard InChI is InChI=1S/C14H22ClN3O2/c1-9-11(15)7-17-18(9)8-14(16,10-5-6-10)12(19)20-13(2,3)4/h7,10H,5-6,8,16H2,1-4H3. The quantitative estimate of drug-likeness (QED) is 0.866. The van der Waals surface area contributed by atoms with E-state index in [4.69, 9.17) is 22.1 Å². The summed E-state index contributed by atoms with van der Waals surface area (Å²) in [5.74, 6) is -0.210. The van der Waals surface area contributed by atoms with Gasteiger partial charge in [0.1, 0.15) is 11.1 Å². The number of esters is 1. The highest BCUT2D eigenvalue weighted by atomic mass is 35.5. The maximum atomic E-state index is 12.5. The minimum Gasteiger partial charge on any atom is -0.459 e. The van der Waals surface area contributed by atoms with E-state index in [1.807, 2.05) is 27.7 Å². The molecule has 1 atom stereocenters. The van der Waals surface area contributed by atoms with E-state index in [2.05, 4.69) is 5.10 Å². The number of nitrogens with zero attached hydrogens (tertiary/aromatic N) is 2. The number of ether oxygens (including phenoxy) is 1. The zero-order valence-electron chi connectivity index (χ0n) is 12.4. The highest BCUT2D eigenvalue weighted by molar-refractivity contribution is 6.31. The molecule has 1 heterocycles. The Kier molecular flexibility index (Phi) is 3.86. The lowest BCUT2D eigenvalue weighted by atomic mass is 9.94. The number of carbonyl (C=O) groups excluding carboxylic acids is 1. The van der Waals surface area contributed by atoms with Gasteiger partial charge < -0.3 is 10.5 Å². The lowest BCUT2D eigenvalue weighted by Gasteiger charge is -2.31. The van der Waals surface area contributed by atoms with Gasteiger partial charge in [-0.25, -0.2) is 4.79 Å². The molecule has 1 unspecified atom stereocenters. The van der Waals surface area contributed by atoms with E-state index in [1.165, 1.54) is 0 Å². The van der Waals surface area contributed by atoms with E-state index in [0.717, 1.165) is 18.5 Å². The zero-order valence-corrected chi connectivity index (χ0v) is 13.2. The Morgan fingerprint density at radius 1 is 1.55 bits per heavy atom. The van der Waals surface area contributed by atoms with Crippen LogP contribution in [0.2, 0.25) is 5.02 Å². The summed E-state index contributed by atoms with van der Waals surface area (Å²) >= 11 is 6.00. The van der Waals surface area contributed by atoms with Crippen molar-refractivity contribution in [2.24, 2.45) is 11.7 Å². The molecule has 1 fully saturated rings. The summed E-state index contributed by atoms with van der Waals surface area (Å²) in [6, 6.07) is 0. The highest BCUT2D eigenvalue weighted by Crippen LogP contribution is 2.40. The summed E-state index contributed by atoms with van der Waals surface area (Å²) in [5.41, 5.74) is 5.61. The monoisotopic (exact) mass is 299 g/mol. The third kappa shape index (κ3) is 3.15. The predicted molar refractivity (Wildman–Crippen MR) is 77.5 cm³/mol. The summed E-state index contributed by atoms with van der Waals surface area (Å²) < 4.78 is 7.17. The van der Waals surface area contributed by atoms with Crippen LogP contribution in [-0.2, 0) is 16.1 Å². The topological polar surface area (TPSA) is 70.1 Å². The SMILES string of the molecule is Cc1c(Cl)cnn1CC(N)(C(=O)OC(C)(C)C)C1CC1. The number of carbonyl (C=O) groups is 1. The number of nitrogens with two attached hydrogens (primary N) is 1. The third-order valence-corrected chi connectivity index (χ3v) is 3.91. The summed E-state index contributed by atoms with van der Waals surface area (Å²) in [6.45, 7) is 7.68. The van der Waals surface area contributed by atoms with Crippen LogP contribution in [0.25, 0.3) is 0 Å². The molecule has 0 spiro atoms. The van der Waals surface area contributed by atoms with Gasteiger partial charge in [-0.1, -0.05) is 11.6 Å². The molecule has 0 aromatic carbocycles. The summed E-state index contributed by atoms with van der Waals surface area (Å²) in [7, 11) is 0. The second-order valence-electron chi connectivity index (χ2n) is 6.55. The van der Waals surface area contributed by atoms with E-state index in [-0.39, 0.29) is 11.9 Å². The van der Waals surface area contributed by atoms with Gasteiger partial charge in [0.15, 0.2) is 0 Å². The molecule has 1 aromatic rings. The smallest absolute Gasteiger partial charge is 0.328 e. The van der Waals surface area contributed by atoms with Crippen LogP contribution < -0.4 is 5.73 Å². The first-order valence-electron chi connectivity index (χ1n) is 6.84. The first-order valence-corrected chi connectivity index (χ1v) is 7.21. The zero-order chi connectivity index (χ0) is 15.1. The van der Waals surface area contributed by atoms with Crippen LogP contribution in [0.3, 0.4) is 0 Å². The molecule has 6 heteroatoms. The maximum absolute atomic E-state index is 12.5. The van der Waals surface area contributed by atoms with E-state index in [1.54, 1.807) is 10.9 Å². The third-order valence-electron chi connectivity index (χ3n) is 3.54. The molecule has 2 N–H and O–H groups in total. The average Bonchev–Trinajstić information content (AvgIpc) is 3.10. The molecule has 1 saturated carbocycles. The summed E-state index contributed by atoms with van der Waals surface area (Å²) in [5, 5.41) is 4.76. The Morgan fingerprint density at radius 2 is 2.15 bits per heavy atom. The largest absolute Gasteiger partial charge is 0.459 e. The Hall–Kier alpha value is -1.07. The molecule has 0 radical (unpaired) electrons. The number of hydrogen-bond acceptors (Lipinski definition) is 4. The first kappa shape index (κ1) is 15.3. The molecular formula is C14H22ClN3O2. The molecule has 1 aliphatic carbocycles. The van der Waals surface area contributed by atoms with Gasteiger partial charge in [-0.15, -0.1) is 0 Å². The van der Waals surface area contributed by atoms with Crippen LogP contribution in [0.1, 0.15) is 39.3 Å². The van der Waals surface area contributed by atoms with Gasteiger partial charge in [0.2, 0.25) is 0 Å². The van der Waals surface area contributed by atoms with Crippen molar-refractivity contribution < 1.29 is 9.53 Å². The van der Waals surface area contributed by atoms with Crippen molar-refractivity contribution in [2.75, 3.05) is 0 Å².